The third-order valence-electron chi connectivity index (χ3n) is 2.90. The Hall–Kier alpha value is -1.60. The predicted molar refractivity (Wildman–Crippen MR) is 77.0 cm³/mol. The molecule has 0 aliphatic carbocycles. The highest BCUT2D eigenvalue weighted by molar-refractivity contribution is 7.90. The standard InChI is InChI=1S/C13H19N3O3S/c1-9(8-20(3,17)18)14-6-11-7-15-16-13(11)12-5-4-10(2)19-12/h4-5,7,9,14H,6,8H2,1-3H3,(H,15,16). The van der Waals surface area contributed by atoms with Gasteiger partial charge in [-0.05, 0) is 26.0 Å². The van der Waals surface area contributed by atoms with Crippen molar-refractivity contribution >= 4 is 9.84 Å². The van der Waals surface area contributed by atoms with Crippen LogP contribution < -0.4 is 5.32 Å². The summed E-state index contributed by atoms with van der Waals surface area (Å²) in [6, 6.07) is 3.65. The largest absolute Gasteiger partial charge is 0.460 e. The molecule has 0 amide bonds. The second-order valence-corrected chi connectivity index (χ2v) is 7.24. The zero-order valence-corrected chi connectivity index (χ0v) is 12.6. The van der Waals surface area contributed by atoms with Crippen LogP contribution in [-0.4, -0.2) is 36.7 Å². The van der Waals surface area contributed by atoms with E-state index in [1.807, 2.05) is 26.0 Å². The highest BCUT2D eigenvalue weighted by atomic mass is 32.2. The van der Waals surface area contributed by atoms with Gasteiger partial charge in [-0.1, -0.05) is 0 Å². The van der Waals surface area contributed by atoms with E-state index in [0.29, 0.717) is 6.54 Å². The third-order valence-corrected chi connectivity index (χ3v) is 4.00. The van der Waals surface area contributed by atoms with Crippen LogP contribution in [-0.2, 0) is 16.4 Å². The minimum atomic E-state index is -2.98. The summed E-state index contributed by atoms with van der Waals surface area (Å²) in [5.41, 5.74) is 1.76. The van der Waals surface area contributed by atoms with Crippen LogP contribution in [0.4, 0.5) is 0 Å². The van der Waals surface area contributed by atoms with Crippen molar-refractivity contribution in [3.8, 4) is 11.5 Å². The van der Waals surface area contributed by atoms with Crippen LogP contribution in [0.1, 0.15) is 18.2 Å². The van der Waals surface area contributed by atoms with Gasteiger partial charge in [0, 0.05) is 24.4 Å². The van der Waals surface area contributed by atoms with Crippen LogP contribution >= 0.6 is 0 Å². The molecule has 2 N–H and O–H groups in total. The zero-order valence-electron chi connectivity index (χ0n) is 11.8. The van der Waals surface area contributed by atoms with E-state index in [9.17, 15) is 8.42 Å². The van der Waals surface area contributed by atoms with Gasteiger partial charge in [0.25, 0.3) is 0 Å². The Balaban J connectivity index is 2.03. The lowest BCUT2D eigenvalue weighted by atomic mass is 10.2. The van der Waals surface area contributed by atoms with Crippen molar-refractivity contribution < 1.29 is 12.8 Å². The highest BCUT2D eigenvalue weighted by Crippen LogP contribution is 2.23. The molecule has 6 nitrogen and oxygen atoms in total. The molecule has 2 rings (SSSR count). The molecule has 7 heteroatoms. The van der Waals surface area contributed by atoms with E-state index in [4.69, 9.17) is 4.42 Å². The first-order valence-corrected chi connectivity index (χ1v) is 8.41. The highest BCUT2D eigenvalue weighted by Gasteiger charge is 2.14. The first-order chi connectivity index (χ1) is 9.35. The van der Waals surface area contributed by atoms with Gasteiger partial charge in [0.05, 0.1) is 11.9 Å². The van der Waals surface area contributed by atoms with E-state index < -0.39 is 9.84 Å². The van der Waals surface area contributed by atoms with E-state index in [1.165, 1.54) is 6.26 Å². The van der Waals surface area contributed by atoms with E-state index in [-0.39, 0.29) is 11.8 Å². The molecule has 0 fully saturated rings. The van der Waals surface area contributed by atoms with Crippen LogP contribution in [0.15, 0.2) is 22.7 Å². The van der Waals surface area contributed by atoms with Crippen LogP contribution in [0.3, 0.4) is 0 Å². The van der Waals surface area contributed by atoms with Crippen LogP contribution in [0.5, 0.6) is 0 Å². The number of furan rings is 1. The first-order valence-electron chi connectivity index (χ1n) is 6.35. The molecule has 0 bridgehead atoms. The lowest BCUT2D eigenvalue weighted by Gasteiger charge is -2.12. The molecule has 0 saturated carbocycles. The topological polar surface area (TPSA) is 88.0 Å². The maximum atomic E-state index is 11.2. The van der Waals surface area contributed by atoms with Gasteiger partial charge in [-0.15, -0.1) is 0 Å². The molecule has 0 spiro atoms. The minimum absolute atomic E-state index is 0.111. The second kappa shape index (κ2) is 5.80. The third kappa shape index (κ3) is 3.94. The molecule has 20 heavy (non-hydrogen) atoms. The van der Waals surface area contributed by atoms with E-state index in [2.05, 4.69) is 15.5 Å². The number of aromatic amines is 1. The zero-order chi connectivity index (χ0) is 14.8. The average molecular weight is 297 g/mol. The van der Waals surface area contributed by atoms with Gasteiger partial charge in [-0.3, -0.25) is 5.10 Å². The molecule has 0 aromatic carbocycles. The summed E-state index contributed by atoms with van der Waals surface area (Å²) >= 11 is 0. The normalized spacial score (nSPS) is 13.6. The van der Waals surface area contributed by atoms with Crippen molar-refractivity contribution in [2.24, 2.45) is 0 Å². The van der Waals surface area contributed by atoms with E-state index in [1.54, 1.807) is 6.20 Å². The minimum Gasteiger partial charge on any atom is -0.460 e. The van der Waals surface area contributed by atoms with Crippen molar-refractivity contribution in [3.05, 3.63) is 29.7 Å². The molecular formula is C13H19N3O3S. The Labute approximate surface area is 118 Å². The molecule has 1 atom stereocenters. The van der Waals surface area contributed by atoms with Gasteiger partial charge in [0.2, 0.25) is 0 Å². The Morgan fingerprint density at radius 1 is 1.45 bits per heavy atom. The molecule has 2 heterocycles. The average Bonchev–Trinajstić information content (AvgIpc) is 2.92. The Kier molecular flexibility index (Phi) is 4.29. The fraction of sp³-hybridized carbons (Fsp3) is 0.462. The van der Waals surface area contributed by atoms with Gasteiger partial charge < -0.3 is 9.73 Å². The lowest BCUT2D eigenvalue weighted by Crippen LogP contribution is -2.32. The number of aryl methyl sites for hydroxylation is 1. The molecular weight excluding hydrogens is 278 g/mol. The maximum Gasteiger partial charge on any atom is 0.152 e. The number of hydrogen-bond acceptors (Lipinski definition) is 5. The SMILES string of the molecule is Cc1ccc(-c2[nH]ncc2CNC(C)CS(C)(=O)=O)o1. The summed E-state index contributed by atoms with van der Waals surface area (Å²) in [5, 5.41) is 10.1. The maximum absolute atomic E-state index is 11.2. The van der Waals surface area contributed by atoms with Crippen molar-refractivity contribution in [2.75, 3.05) is 12.0 Å². The first kappa shape index (κ1) is 14.8. The van der Waals surface area contributed by atoms with E-state index >= 15 is 0 Å². The number of H-pyrrole nitrogens is 1. The van der Waals surface area contributed by atoms with Gasteiger partial charge in [-0.2, -0.15) is 5.10 Å². The molecule has 0 aliphatic rings. The van der Waals surface area contributed by atoms with Crippen molar-refractivity contribution in [1.82, 2.24) is 15.5 Å². The number of sulfone groups is 1. The quantitative estimate of drug-likeness (QED) is 0.843. The Morgan fingerprint density at radius 2 is 2.20 bits per heavy atom. The number of hydrogen-bond donors (Lipinski definition) is 2. The van der Waals surface area contributed by atoms with Crippen molar-refractivity contribution in [3.63, 3.8) is 0 Å². The number of nitrogens with one attached hydrogen (secondary N) is 2. The second-order valence-electron chi connectivity index (χ2n) is 5.05. The molecule has 0 radical (unpaired) electrons. The van der Waals surface area contributed by atoms with Gasteiger partial charge >= 0.3 is 0 Å². The van der Waals surface area contributed by atoms with Gasteiger partial charge in [-0.25, -0.2) is 8.42 Å². The van der Waals surface area contributed by atoms with Crippen LogP contribution in [0, 0.1) is 6.92 Å². The summed E-state index contributed by atoms with van der Waals surface area (Å²) in [4.78, 5) is 0. The summed E-state index contributed by atoms with van der Waals surface area (Å²) in [7, 11) is -2.98. The van der Waals surface area contributed by atoms with Crippen molar-refractivity contribution in [1.29, 1.82) is 0 Å². The fourth-order valence-electron chi connectivity index (χ4n) is 2.02. The van der Waals surface area contributed by atoms with Gasteiger partial charge in [0.1, 0.15) is 21.3 Å². The molecule has 0 saturated heterocycles. The molecule has 0 aliphatic heterocycles. The molecule has 1 unspecified atom stereocenters. The number of rotatable bonds is 6. The number of nitrogens with zero attached hydrogens (tertiary/aromatic N) is 1. The summed E-state index contributed by atoms with van der Waals surface area (Å²) in [6.45, 7) is 4.26. The van der Waals surface area contributed by atoms with Crippen LogP contribution in [0.2, 0.25) is 0 Å². The number of aromatic nitrogens is 2. The van der Waals surface area contributed by atoms with Crippen LogP contribution in [0.25, 0.3) is 11.5 Å². The van der Waals surface area contributed by atoms with Gasteiger partial charge in [0.15, 0.2) is 5.76 Å². The Bertz CT molecular complexity index is 673. The molecule has 110 valence electrons. The smallest absolute Gasteiger partial charge is 0.152 e. The van der Waals surface area contributed by atoms with E-state index in [0.717, 1.165) is 22.8 Å². The fourth-order valence-corrected chi connectivity index (χ4v) is 3.05. The van der Waals surface area contributed by atoms with Crippen molar-refractivity contribution in [2.45, 2.75) is 26.4 Å². The summed E-state index contributed by atoms with van der Waals surface area (Å²) in [6.07, 6.45) is 2.95. The monoisotopic (exact) mass is 297 g/mol. The summed E-state index contributed by atoms with van der Waals surface area (Å²) in [5.74, 6) is 1.67. The lowest BCUT2D eigenvalue weighted by molar-refractivity contribution is 0.542. The molecule has 2 aromatic rings. The molecule has 2 aromatic heterocycles. The predicted octanol–water partition coefficient (Wildman–Crippen LogP) is 1.50. The summed E-state index contributed by atoms with van der Waals surface area (Å²) < 4.78 is 28.0. The Morgan fingerprint density at radius 3 is 2.80 bits per heavy atom.